The Balaban J connectivity index is 2.14. The van der Waals surface area contributed by atoms with E-state index in [0.717, 1.165) is 26.1 Å². The number of nitrogens with zero attached hydrogens (tertiary/aromatic N) is 1. The largest absolute Gasteiger partial charge is 0.381 e. The minimum Gasteiger partial charge on any atom is -0.381 e. The van der Waals surface area contributed by atoms with Crippen molar-refractivity contribution in [3.05, 3.63) is 0 Å². The molecular weight excluding hydrogens is 256 g/mol. The summed E-state index contributed by atoms with van der Waals surface area (Å²) >= 11 is 0. The van der Waals surface area contributed by atoms with Crippen molar-refractivity contribution >= 4 is 11.8 Å². The zero-order valence-corrected chi connectivity index (χ0v) is 12.9. The maximum absolute atomic E-state index is 12.6. The van der Waals surface area contributed by atoms with E-state index in [1.807, 2.05) is 20.8 Å². The molecular formula is C15H26N2O3. The maximum Gasteiger partial charge on any atom is 0.246 e. The first-order valence-electron chi connectivity index (χ1n) is 7.53. The lowest BCUT2D eigenvalue weighted by atomic mass is 9.81. The number of carbonyl (C=O) groups is 2. The summed E-state index contributed by atoms with van der Waals surface area (Å²) < 4.78 is 5.41. The molecule has 0 bridgehead atoms. The van der Waals surface area contributed by atoms with Crippen molar-refractivity contribution in [1.82, 2.24) is 10.2 Å². The van der Waals surface area contributed by atoms with Gasteiger partial charge in [0.1, 0.15) is 12.1 Å². The van der Waals surface area contributed by atoms with Crippen LogP contribution in [-0.4, -0.2) is 48.6 Å². The number of amides is 2. The Morgan fingerprint density at radius 2 is 1.95 bits per heavy atom. The van der Waals surface area contributed by atoms with Crippen molar-refractivity contribution < 1.29 is 14.3 Å². The third-order valence-electron chi connectivity index (χ3n) is 4.61. The number of ether oxygens (including phenoxy) is 1. The van der Waals surface area contributed by atoms with Gasteiger partial charge >= 0.3 is 0 Å². The fourth-order valence-electron chi connectivity index (χ4n) is 2.95. The predicted octanol–water partition coefficient (Wildman–Crippen LogP) is 1.17. The van der Waals surface area contributed by atoms with E-state index in [4.69, 9.17) is 4.74 Å². The normalized spacial score (nSPS) is 30.6. The van der Waals surface area contributed by atoms with Crippen molar-refractivity contribution in [2.24, 2.45) is 11.3 Å². The SMILES string of the molecule is CC(C)C1NC(=O)C(C)N(CC2(C)CCOCC2)C1=O. The Morgan fingerprint density at radius 1 is 1.35 bits per heavy atom. The number of carbonyl (C=O) groups excluding carboxylic acids is 2. The summed E-state index contributed by atoms with van der Waals surface area (Å²) in [5.41, 5.74) is 0.0569. The summed E-state index contributed by atoms with van der Waals surface area (Å²) in [4.78, 5) is 26.5. The van der Waals surface area contributed by atoms with Gasteiger partial charge in [-0.25, -0.2) is 0 Å². The van der Waals surface area contributed by atoms with Gasteiger partial charge in [0.05, 0.1) is 0 Å². The van der Waals surface area contributed by atoms with Crippen molar-refractivity contribution in [3.8, 4) is 0 Å². The third kappa shape index (κ3) is 2.97. The number of hydrogen-bond donors (Lipinski definition) is 1. The molecule has 2 aliphatic rings. The molecule has 0 aromatic rings. The van der Waals surface area contributed by atoms with Crippen LogP contribution < -0.4 is 5.32 Å². The summed E-state index contributed by atoms with van der Waals surface area (Å²) in [7, 11) is 0. The molecule has 2 atom stereocenters. The summed E-state index contributed by atoms with van der Waals surface area (Å²) in [6.07, 6.45) is 1.88. The van der Waals surface area contributed by atoms with E-state index in [2.05, 4.69) is 12.2 Å². The second-order valence-corrected chi connectivity index (χ2v) is 6.80. The van der Waals surface area contributed by atoms with Gasteiger partial charge in [0.15, 0.2) is 0 Å². The maximum atomic E-state index is 12.6. The molecule has 114 valence electrons. The first-order valence-corrected chi connectivity index (χ1v) is 7.53. The van der Waals surface area contributed by atoms with Gasteiger partial charge in [-0.1, -0.05) is 20.8 Å². The zero-order chi connectivity index (χ0) is 14.9. The fraction of sp³-hybridized carbons (Fsp3) is 0.867. The Morgan fingerprint density at radius 3 is 2.50 bits per heavy atom. The Kier molecular flexibility index (Phi) is 4.37. The molecule has 2 unspecified atom stereocenters. The Bertz CT molecular complexity index is 389. The summed E-state index contributed by atoms with van der Waals surface area (Å²) in [5.74, 6) is 0.128. The van der Waals surface area contributed by atoms with E-state index in [1.54, 1.807) is 4.90 Å². The fourth-order valence-corrected chi connectivity index (χ4v) is 2.95. The zero-order valence-electron chi connectivity index (χ0n) is 12.9. The monoisotopic (exact) mass is 282 g/mol. The molecule has 1 N–H and O–H groups in total. The van der Waals surface area contributed by atoms with Crippen molar-refractivity contribution in [1.29, 1.82) is 0 Å². The van der Waals surface area contributed by atoms with Gasteiger partial charge in [-0.2, -0.15) is 0 Å². The van der Waals surface area contributed by atoms with Gasteiger partial charge in [-0.3, -0.25) is 9.59 Å². The predicted molar refractivity (Wildman–Crippen MR) is 76.1 cm³/mol. The number of piperazine rings is 1. The second-order valence-electron chi connectivity index (χ2n) is 6.80. The van der Waals surface area contributed by atoms with Crippen LogP contribution in [0.15, 0.2) is 0 Å². The van der Waals surface area contributed by atoms with Crippen LogP contribution in [0.25, 0.3) is 0 Å². The number of rotatable bonds is 3. The molecule has 2 aliphatic heterocycles. The molecule has 0 aromatic carbocycles. The van der Waals surface area contributed by atoms with Crippen LogP contribution in [0.3, 0.4) is 0 Å². The van der Waals surface area contributed by atoms with Crippen LogP contribution in [-0.2, 0) is 14.3 Å². The molecule has 2 amide bonds. The molecule has 0 aliphatic carbocycles. The minimum atomic E-state index is -0.387. The molecule has 0 radical (unpaired) electrons. The minimum absolute atomic E-state index is 0.0426. The van der Waals surface area contributed by atoms with Gasteiger partial charge in [0, 0.05) is 19.8 Å². The highest BCUT2D eigenvalue weighted by Crippen LogP contribution is 2.32. The Hall–Kier alpha value is -1.10. The number of hydrogen-bond acceptors (Lipinski definition) is 3. The van der Waals surface area contributed by atoms with Gasteiger partial charge in [0.2, 0.25) is 11.8 Å². The van der Waals surface area contributed by atoms with Crippen LogP contribution in [0.2, 0.25) is 0 Å². The lowest BCUT2D eigenvalue weighted by Gasteiger charge is -2.44. The molecule has 20 heavy (non-hydrogen) atoms. The molecule has 5 heteroatoms. The molecule has 2 saturated heterocycles. The topological polar surface area (TPSA) is 58.6 Å². The molecule has 0 spiro atoms. The highest BCUT2D eigenvalue weighted by Gasteiger charge is 2.42. The van der Waals surface area contributed by atoms with E-state index >= 15 is 0 Å². The first-order chi connectivity index (χ1) is 9.34. The van der Waals surface area contributed by atoms with Crippen molar-refractivity contribution in [3.63, 3.8) is 0 Å². The summed E-state index contributed by atoms with van der Waals surface area (Å²) in [6.45, 7) is 10.1. The number of nitrogens with one attached hydrogen (secondary N) is 1. The molecule has 2 heterocycles. The summed E-state index contributed by atoms with van der Waals surface area (Å²) in [5, 5.41) is 2.84. The van der Waals surface area contributed by atoms with Crippen molar-refractivity contribution in [2.75, 3.05) is 19.8 Å². The lowest BCUT2D eigenvalue weighted by Crippen LogP contribution is -2.65. The van der Waals surface area contributed by atoms with E-state index in [1.165, 1.54) is 0 Å². The molecule has 2 rings (SSSR count). The van der Waals surface area contributed by atoms with Crippen molar-refractivity contribution in [2.45, 2.75) is 52.6 Å². The molecule has 0 saturated carbocycles. The van der Waals surface area contributed by atoms with E-state index in [-0.39, 0.29) is 35.2 Å². The molecule has 5 nitrogen and oxygen atoms in total. The smallest absolute Gasteiger partial charge is 0.246 e. The van der Waals surface area contributed by atoms with E-state index in [0.29, 0.717) is 6.54 Å². The molecule has 2 fully saturated rings. The van der Waals surface area contributed by atoms with Crippen LogP contribution >= 0.6 is 0 Å². The van der Waals surface area contributed by atoms with Crippen LogP contribution in [0.1, 0.15) is 40.5 Å². The molecule has 0 aromatic heterocycles. The van der Waals surface area contributed by atoms with Crippen LogP contribution in [0.4, 0.5) is 0 Å². The van der Waals surface area contributed by atoms with Crippen LogP contribution in [0.5, 0.6) is 0 Å². The van der Waals surface area contributed by atoms with Gasteiger partial charge in [0.25, 0.3) is 0 Å². The van der Waals surface area contributed by atoms with Gasteiger partial charge in [-0.15, -0.1) is 0 Å². The summed E-state index contributed by atoms with van der Waals surface area (Å²) in [6, 6.07) is -0.765. The van der Waals surface area contributed by atoms with E-state index < -0.39 is 0 Å². The quantitative estimate of drug-likeness (QED) is 0.845. The van der Waals surface area contributed by atoms with Crippen LogP contribution in [0, 0.1) is 11.3 Å². The standard InChI is InChI=1S/C15H26N2O3/c1-10(2)12-14(19)17(11(3)13(18)16-12)9-15(4)5-7-20-8-6-15/h10-12H,5-9H2,1-4H3,(H,16,18). The lowest BCUT2D eigenvalue weighted by molar-refractivity contribution is -0.152. The average molecular weight is 282 g/mol. The third-order valence-corrected chi connectivity index (χ3v) is 4.61. The highest BCUT2D eigenvalue weighted by atomic mass is 16.5. The Labute approximate surface area is 121 Å². The van der Waals surface area contributed by atoms with Gasteiger partial charge < -0.3 is 15.0 Å². The van der Waals surface area contributed by atoms with Gasteiger partial charge in [-0.05, 0) is 31.1 Å². The first kappa shape index (κ1) is 15.3. The second kappa shape index (κ2) is 5.72. The average Bonchev–Trinajstić information content (AvgIpc) is 2.39. The van der Waals surface area contributed by atoms with E-state index in [9.17, 15) is 9.59 Å². The highest BCUT2D eigenvalue weighted by molar-refractivity contribution is 5.96.